The minimum atomic E-state index is 0.431. The van der Waals surface area contributed by atoms with Crippen LogP contribution in [0.1, 0.15) is 0 Å². The molecule has 0 aliphatic rings. The van der Waals surface area contributed by atoms with Gasteiger partial charge in [-0.15, -0.1) is 0 Å². The highest BCUT2D eigenvalue weighted by Gasteiger charge is 2.22. The highest BCUT2D eigenvalue weighted by molar-refractivity contribution is 6.14. The number of hydrogen-bond donors (Lipinski definition) is 1. The Morgan fingerprint density at radius 3 is 1.42 bits per heavy atom. The summed E-state index contributed by atoms with van der Waals surface area (Å²) in [6, 6.07) is 50.1. The third-order valence-corrected chi connectivity index (χ3v) is 9.66. The molecular weight excluding hydrogens is 617 g/mol. The van der Waals surface area contributed by atoms with Crippen molar-refractivity contribution in [3.05, 3.63) is 146 Å². The Balaban J connectivity index is 1.23. The van der Waals surface area contributed by atoms with Gasteiger partial charge in [0.25, 0.3) is 0 Å². The van der Waals surface area contributed by atoms with Gasteiger partial charge >= 0.3 is 0 Å². The molecule has 0 saturated heterocycles. The van der Waals surface area contributed by atoms with E-state index < -0.39 is 0 Å². The number of hydrogen-bond acceptors (Lipinski definition) is 4. The summed E-state index contributed by atoms with van der Waals surface area (Å²) in [5.74, 6) is 1.57. The van der Waals surface area contributed by atoms with Crippen molar-refractivity contribution in [2.24, 2.45) is 0 Å². The molecule has 0 bridgehead atoms. The van der Waals surface area contributed by atoms with Gasteiger partial charge in [-0.3, -0.25) is 4.79 Å². The minimum absolute atomic E-state index is 0.431. The van der Waals surface area contributed by atoms with Crippen molar-refractivity contribution in [1.82, 2.24) is 0 Å². The fraction of sp³-hybridized carbons (Fsp3) is 0.0889. The molecule has 0 radical (unpaired) electrons. The molecule has 0 atom stereocenters. The van der Waals surface area contributed by atoms with E-state index in [-0.39, 0.29) is 0 Å². The maximum Gasteiger partial charge on any atom is 0.214 e. The topological polar surface area (TPSA) is 50.8 Å². The molecule has 5 heteroatoms. The van der Waals surface area contributed by atoms with Gasteiger partial charge in [-0.1, -0.05) is 121 Å². The number of rotatable bonds is 10. The average Bonchev–Trinajstić information content (AvgIpc) is 3.18. The van der Waals surface area contributed by atoms with Crippen LogP contribution in [0.15, 0.2) is 146 Å². The number of fused-ring (bicyclic) bond motifs is 4. The number of anilines is 2. The summed E-state index contributed by atoms with van der Waals surface area (Å²) in [5.41, 5.74) is 5.84. The molecule has 8 rings (SSSR count). The fourth-order valence-electron chi connectivity index (χ4n) is 7.35. The number of ether oxygens (including phenoxy) is 2. The lowest BCUT2D eigenvalue weighted by Crippen LogP contribution is -2.28. The second kappa shape index (κ2) is 13.3. The SMILES string of the molecule is COc1ccc2ccccc2c1-c1c(NCCN(C=O)c2ccc3ccccc3c2-c2c(OC)ccc3ccccc23)ccc2ccccc12. The molecule has 5 nitrogen and oxygen atoms in total. The van der Waals surface area contributed by atoms with Gasteiger partial charge in [0.15, 0.2) is 0 Å². The summed E-state index contributed by atoms with van der Waals surface area (Å²) in [5, 5.41) is 12.6. The number of nitrogens with zero attached hydrogens (tertiary/aromatic N) is 1. The van der Waals surface area contributed by atoms with E-state index in [4.69, 9.17) is 9.47 Å². The number of carbonyl (C=O) groups excluding carboxylic acids is 1. The maximum absolute atomic E-state index is 13.0. The van der Waals surface area contributed by atoms with Gasteiger partial charge in [0, 0.05) is 41.0 Å². The first kappa shape index (κ1) is 31.0. The van der Waals surface area contributed by atoms with Crippen molar-refractivity contribution < 1.29 is 14.3 Å². The average molecular weight is 653 g/mol. The van der Waals surface area contributed by atoms with Crippen molar-refractivity contribution in [1.29, 1.82) is 0 Å². The predicted molar refractivity (Wildman–Crippen MR) is 209 cm³/mol. The lowest BCUT2D eigenvalue weighted by Gasteiger charge is -2.25. The minimum Gasteiger partial charge on any atom is -0.496 e. The maximum atomic E-state index is 13.0. The molecule has 0 aliphatic heterocycles. The first-order valence-corrected chi connectivity index (χ1v) is 16.8. The molecule has 8 aromatic rings. The van der Waals surface area contributed by atoms with Crippen molar-refractivity contribution in [2.45, 2.75) is 0 Å². The van der Waals surface area contributed by atoms with Crippen LogP contribution in [0, 0.1) is 0 Å². The highest BCUT2D eigenvalue weighted by Crippen LogP contribution is 2.46. The molecule has 1 N–H and O–H groups in total. The Hall–Kier alpha value is -6.33. The van der Waals surface area contributed by atoms with E-state index in [1.165, 1.54) is 0 Å². The van der Waals surface area contributed by atoms with E-state index in [0.29, 0.717) is 13.1 Å². The molecule has 1 amide bonds. The molecule has 0 aromatic heterocycles. The molecule has 8 aromatic carbocycles. The summed E-state index contributed by atoms with van der Waals surface area (Å²) in [4.78, 5) is 14.8. The largest absolute Gasteiger partial charge is 0.496 e. The Kier molecular flexibility index (Phi) is 8.23. The van der Waals surface area contributed by atoms with E-state index >= 15 is 0 Å². The summed E-state index contributed by atoms with van der Waals surface area (Å²) < 4.78 is 12.0. The number of nitrogens with one attached hydrogen (secondary N) is 1. The lowest BCUT2D eigenvalue weighted by molar-refractivity contribution is -0.107. The first-order chi connectivity index (χ1) is 24.7. The monoisotopic (exact) mass is 652 g/mol. The molecule has 0 saturated carbocycles. The van der Waals surface area contributed by atoms with Gasteiger partial charge in [0.2, 0.25) is 6.41 Å². The van der Waals surface area contributed by atoms with E-state index in [0.717, 1.165) is 94.6 Å². The van der Waals surface area contributed by atoms with Gasteiger partial charge in [-0.25, -0.2) is 0 Å². The Bertz CT molecular complexity index is 2540. The summed E-state index contributed by atoms with van der Waals surface area (Å²) in [7, 11) is 3.42. The van der Waals surface area contributed by atoms with Crippen molar-refractivity contribution >= 4 is 60.9 Å². The van der Waals surface area contributed by atoms with E-state index in [9.17, 15) is 4.79 Å². The highest BCUT2D eigenvalue weighted by atomic mass is 16.5. The van der Waals surface area contributed by atoms with E-state index in [2.05, 4.69) is 115 Å². The van der Waals surface area contributed by atoms with Gasteiger partial charge in [0.1, 0.15) is 11.5 Å². The molecule has 0 heterocycles. The van der Waals surface area contributed by atoms with Crippen molar-refractivity contribution in [3.8, 4) is 33.8 Å². The standard InChI is InChI=1S/C45H36N2O3/c1-49-40-25-21-32-13-5-9-17-36(32)44(40)42-34-15-7-3-11-30(34)19-23-38(42)46-27-28-47(29-48)39-24-20-31-12-4-8-16-35(31)43(39)45-37-18-10-6-14-33(37)22-26-41(45)50-2/h3-26,29,46H,27-28H2,1-2H3. The normalized spacial score (nSPS) is 11.2. The summed E-state index contributed by atoms with van der Waals surface area (Å²) in [6.45, 7) is 0.941. The van der Waals surface area contributed by atoms with Crippen LogP contribution in [-0.2, 0) is 4.79 Å². The van der Waals surface area contributed by atoms with Gasteiger partial charge in [0.05, 0.1) is 19.9 Å². The first-order valence-electron chi connectivity index (χ1n) is 16.8. The zero-order valence-electron chi connectivity index (χ0n) is 28.0. The number of carbonyl (C=O) groups is 1. The molecule has 244 valence electrons. The lowest BCUT2D eigenvalue weighted by atomic mass is 9.91. The smallest absolute Gasteiger partial charge is 0.214 e. The van der Waals surface area contributed by atoms with Crippen molar-refractivity contribution in [2.75, 3.05) is 37.5 Å². The van der Waals surface area contributed by atoms with Crippen molar-refractivity contribution in [3.63, 3.8) is 0 Å². The third kappa shape index (κ3) is 5.33. The van der Waals surface area contributed by atoms with Crippen LogP contribution < -0.4 is 19.7 Å². The van der Waals surface area contributed by atoms with Crippen LogP contribution in [0.2, 0.25) is 0 Å². The van der Waals surface area contributed by atoms with Gasteiger partial charge in [-0.05, 0) is 67.4 Å². The zero-order valence-corrected chi connectivity index (χ0v) is 28.0. The number of methoxy groups -OCH3 is 2. The van der Waals surface area contributed by atoms with Crippen LogP contribution in [0.4, 0.5) is 11.4 Å². The van der Waals surface area contributed by atoms with Crippen LogP contribution in [-0.4, -0.2) is 33.7 Å². The van der Waals surface area contributed by atoms with E-state index in [1.807, 2.05) is 36.4 Å². The summed E-state index contributed by atoms with van der Waals surface area (Å²) >= 11 is 0. The molecular formula is C45H36N2O3. The molecule has 0 aliphatic carbocycles. The Labute approximate surface area is 291 Å². The Morgan fingerprint density at radius 2 is 0.920 bits per heavy atom. The second-order valence-corrected chi connectivity index (χ2v) is 12.3. The molecule has 0 unspecified atom stereocenters. The molecule has 0 spiro atoms. The number of benzene rings is 8. The quantitative estimate of drug-likeness (QED) is 0.149. The van der Waals surface area contributed by atoms with Crippen LogP contribution >= 0.6 is 0 Å². The van der Waals surface area contributed by atoms with Gasteiger partial charge in [-0.2, -0.15) is 0 Å². The zero-order chi connectivity index (χ0) is 34.0. The van der Waals surface area contributed by atoms with Crippen LogP contribution in [0.5, 0.6) is 11.5 Å². The molecule has 50 heavy (non-hydrogen) atoms. The summed E-state index contributed by atoms with van der Waals surface area (Å²) in [6.07, 6.45) is 0.932. The van der Waals surface area contributed by atoms with Gasteiger partial charge < -0.3 is 19.7 Å². The van der Waals surface area contributed by atoms with Crippen LogP contribution in [0.3, 0.4) is 0 Å². The second-order valence-electron chi connectivity index (χ2n) is 12.3. The predicted octanol–water partition coefficient (Wildman–Crippen LogP) is 10.7. The Morgan fingerprint density at radius 1 is 0.500 bits per heavy atom. The third-order valence-electron chi connectivity index (χ3n) is 9.66. The molecule has 0 fully saturated rings. The van der Waals surface area contributed by atoms with Crippen LogP contribution in [0.25, 0.3) is 65.3 Å². The number of amides is 1. The van der Waals surface area contributed by atoms with E-state index in [1.54, 1.807) is 19.1 Å². The fourth-order valence-corrected chi connectivity index (χ4v) is 7.35.